The van der Waals surface area contributed by atoms with Gasteiger partial charge in [0.1, 0.15) is 11.4 Å². The molecule has 0 aliphatic carbocycles. The molecule has 0 atom stereocenters. The topological polar surface area (TPSA) is 84.0 Å². The van der Waals surface area contributed by atoms with Crippen LogP contribution in [-0.2, 0) is 11.2 Å². The van der Waals surface area contributed by atoms with Gasteiger partial charge in [0, 0.05) is 26.7 Å². The maximum absolute atomic E-state index is 12.1. The van der Waals surface area contributed by atoms with Crippen LogP contribution in [0, 0.1) is 0 Å². The van der Waals surface area contributed by atoms with E-state index in [4.69, 9.17) is 4.74 Å². The lowest BCUT2D eigenvalue weighted by Crippen LogP contribution is -2.42. The number of halogens is 3. The fourth-order valence-corrected chi connectivity index (χ4v) is 2.06. The van der Waals surface area contributed by atoms with Crippen LogP contribution in [0.2, 0.25) is 0 Å². The number of guanidine groups is 1. The third-order valence-electron chi connectivity index (χ3n) is 3.17. The second-order valence-corrected chi connectivity index (χ2v) is 6.80. The number of amides is 1. The van der Waals surface area contributed by atoms with E-state index in [0.717, 1.165) is 5.56 Å². The van der Waals surface area contributed by atoms with Crippen molar-refractivity contribution in [2.75, 3.05) is 26.7 Å². The number of ether oxygens (including phenoxy) is 2. The molecule has 0 bridgehead atoms. The number of carbonyl (C=O) groups excluding carboxylic acids is 1. The van der Waals surface area contributed by atoms with Crippen LogP contribution in [-0.4, -0.2) is 50.7 Å². The van der Waals surface area contributed by atoms with E-state index in [-0.39, 0.29) is 5.75 Å². The van der Waals surface area contributed by atoms with Gasteiger partial charge in [-0.2, -0.15) is 0 Å². The normalized spacial score (nSPS) is 12.3. The molecule has 7 nitrogen and oxygen atoms in total. The molecule has 1 aromatic carbocycles. The second kappa shape index (κ2) is 10.6. The van der Waals surface area contributed by atoms with Gasteiger partial charge in [-0.3, -0.25) is 4.99 Å². The number of alkyl halides is 3. The monoisotopic (exact) mass is 404 g/mol. The molecular weight excluding hydrogens is 377 g/mol. The summed E-state index contributed by atoms with van der Waals surface area (Å²) in [7, 11) is 1.61. The molecule has 0 aliphatic heterocycles. The minimum absolute atomic E-state index is 0.251. The molecular formula is C18H27F3N4O3. The summed E-state index contributed by atoms with van der Waals surface area (Å²) in [5.74, 6) is 0.294. The first-order chi connectivity index (χ1) is 13.0. The van der Waals surface area contributed by atoms with E-state index in [1.54, 1.807) is 40.0 Å². The number of nitrogens with one attached hydrogen (secondary N) is 3. The van der Waals surface area contributed by atoms with Crippen molar-refractivity contribution in [1.29, 1.82) is 0 Å². The van der Waals surface area contributed by atoms with Crippen molar-refractivity contribution in [1.82, 2.24) is 16.0 Å². The summed E-state index contributed by atoms with van der Waals surface area (Å²) in [6, 6.07) is 5.70. The zero-order valence-electron chi connectivity index (χ0n) is 16.4. The number of rotatable bonds is 7. The molecule has 0 aliphatic rings. The van der Waals surface area contributed by atoms with Crippen molar-refractivity contribution >= 4 is 12.1 Å². The lowest BCUT2D eigenvalue weighted by atomic mass is 10.1. The molecule has 0 aromatic heterocycles. The van der Waals surface area contributed by atoms with E-state index in [9.17, 15) is 18.0 Å². The molecule has 10 heteroatoms. The molecule has 1 aromatic rings. The van der Waals surface area contributed by atoms with Crippen molar-refractivity contribution in [2.24, 2.45) is 4.99 Å². The zero-order valence-corrected chi connectivity index (χ0v) is 16.4. The van der Waals surface area contributed by atoms with Gasteiger partial charge in [0.15, 0.2) is 5.96 Å². The molecule has 0 radical (unpaired) electrons. The van der Waals surface area contributed by atoms with Gasteiger partial charge in [0.05, 0.1) is 0 Å². The number of alkyl carbamates (subject to hydrolysis) is 1. The van der Waals surface area contributed by atoms with E-state index in [1.165, 1.54) is 12.1 Å². The van der Waals surface area contributed by atoms with Crippen molar-refractivity contribution in [3.63, 3.8) is 0 Å². The Morgan fingerprint density at radius 3 is 2.11 bits per heavy atom. The van der Waals surface area contributed by atoms with Gasteiger partial charge >= 0.3 is 12.5 Å². The summed E-state index contributed by atoms with van der Waals surface area (Å²) in [6.45, 7) is 6.69. The van der Waals surface area contributed by atoms with Gasteiger partial charge in [0.25, 0.3) is 0 Å². The first-order valence-corrected chi connectivity index (χ1v) is 8.74. The van der Waals surface area contributed by atoms with Crippen LogP contribution in [0.3, 0.4) is 0 Å². The predicted octanol–water partition coefficient (Wildman–Crippen LogP) is 2.82. The minimum Gasteiger partial charge on any atom is -0.444 e. The molecule has 158 valence electrons. The first kappa shape index (κ1) is 23.4. The average molecular weight is 404 g/mol. The smallest absolute Gasteiger partial charge is 0.444 e. The number of carbonyl (C=O) groups is 1. The van der Waals surface area contributed by atoms with Crippen LogP contribution in [0.15, 0.2) is 29.3 Å². The Kier molecular flexibility index (Phi) is 8.87. The van der Waals surface area contributed by atoms with Gasteiger partial charge in [-0.15, -0.1) is 13.2 Å². The van der Waals surface area contributed by atoms with Crippen LogP contribution in [0.4, 0.5) is 18.0 Å². The number of aliphatic imine (C=N–C) groups is 1. The van der Waals surface area contributed by atoms with E-state index in [1.807, 2.05) is 0 Å². The Morgan fingerprint density at radius 1 is 1.00 bits per heavy atom. The molecule has 0 heterocycles. The Hall–Kier alpha value is -2.65. The van der Waals surface area contributed by atoms with Crippen LogP contribution in [0.5, 0.6) is 5.75 Å². The van der Waals surface area contributed by atoms with Crippen molar-refractivity contribution in [2.45, 2.75) is 39.2 Å². The predicted molar refractivity (Wildman–Crippen MR) is 100 cm³/mol. The molecule has 1 amide bonds. The Bertz CT molecular complexity index is 641. The summed E-state index contributed by atoms with van der Waals surface area (Å²) < 4.78 is 45.4. The summed E-state index contributed by atoms with van der Waals surface area (Å²) in [5, 5.41) is 8.74. The van der Waals surface area contributed by atoms with E-state index in [2.05, 4.69) is 25.7 Å². The SMILES string of the molecule is CN=C(NCCNC(=O)OC(C)(C)C)NCCc1ccc(OC(F)(F)F)cc1. The van der Waals surface area contributed by atoms with Gasteiger partial charge in [-0.05, 0) is 44.9 Å². The van der Waals surface area contributed by atoms with Crippen LogP contribution in [0.1, 0.15) is 26.3 Å². The highest BCUT2D eigenvalue weighted by molar-refractivity contribution is 5.79. The summed E-state index contributed by atoms with van der Waals surface area (Å²) >= 11 is 0. The largest absolute Gasteiger partial charge is 0.573 e. The van der Waals surface area contributed by atoms with Gasteiger partial charge < -0.3 is 25.4 Å². The van der Waals surface area contributed by atoms with E-state index in [0.29, 0.717) is 32.0 Å². The third-order valence-corrected chi connectivity index (χ3v) is 3.17. The maximum atomic E-state index is 12.1. The molecule has 0 unspecified atom stereocenters. The highest BCUT2D eigenvalue weighted by Gasteiger charge is 2.30. The number of hydrogen-bond donors (Lipinski definition) is 3. The van der Waals surface area contributed by atoms with Crippen molar-refractivity contribution < 1.29 is 27.4 Å². The van der Waals surface area contributed by atoms with Gasteiger partial charge in [-0.25, -0.2) is 4.79 Å². The average Bonchev–Trinajstić information content (AvgIpc) is 2.55. The van der Waals surface area contributed by atoms with Crippen LogP contribution < -0.4 is 20.7 Å². The maximum Gasteiger partial charge on any atom is 0.573 e. The zero-order chi connectivity index (χ0) is 21.2. The molecule has 0 saturated carbocycles. The number of benzene rings is 1. The van der Waals surface area contributed by atoms with Crippen LogP contribution >= 0.6 is 0 Å². The van der Waals surface area contributed by atoms with Gasteiger partial charge in [-0.1, -0.05) is 12.1 Å². The Morgan fingerprint density at radius 2 is 1.57 bits per heavy atom. The highest BCUT2D eigenvalue weighted by Crippen LogP contribution is 2.22. The van der Waals surface area contributed by atoms with Gasteiger partial charge in [0.2, 0.25) is 0 Å². The standard InChI is InChI=1S/C18H27F3N4O3/c1-17(2,3)28-16(26)25-12-11-24-15(22-4)23-10-9-13-5-7-14(8-6-13)27-18(19,20)21/h5-8H,9-12H2,1-4H3,(H,25,26)(H2,22,23,24). The highest BCUT2D eigenvalue weighted by atomic mass is 19.4. The summed E-state index contributed by atoms with van der Waals surface area (Å²) in [4.78, 5) is 15.6. The van der Waals surface area contributed by atoms with Crippen LogP contribution in [0.25, 0.3) is 0 Å². The van der Waals surface area contributed by atoms with E-state index >= 15 is 0 Å². The lowest BCUT2D eigenvalue weighted by molar-refractivity contribution is -0.274. The summed E-state index contributed by atoms with van der Waals surface area (Å²) in [5.41, 5.74) is 0.302. The minimum atomic E-state index is -4.69. The Labute approximate surface area is 162 Å². The fraction of sp³-hybridized carbons (Fsp3) is 0.556. The third kappa shape index (κ3) is 11.1. The lowest BCUT2D eigenvalue weighted by Gasteiger charge is -2.19. The molecule has 0 fully saturated rings. The molecule has 28 heavy (non-hydrogen) atoms. The first-order valence-electron chi connectivity index (χ1n) is 8.74. The van der Waals surface area contributed by atoms with Crippen molar-refractivity contribution in [3.05, 3.63) is 29.8 Å². The molecule has 0 saturated heterocycles. The number of hydrogen-bond acceptors (Lipinski definition) is 4. The molecule has 0 spiro atoms. The number of nitrogens with zero attached hydrogens (tertiary/aromatic N) is 1. The fourth-order valence-electron chi connectivity index (χ4n) is 2.06. The quantitative estimate of drug-likeness (QED) is 0.370. The van der Waals surface area contributed by atoms with Crippen molar-refractivity contribution in [3.8, 4) is 5.75 Å². The second-order valence-electron chi connectivity index (χ2n) is 6.80. The Balaban J connectivity index is 2.27. The summed E-state index contributed by atoms with van der Waals surface area (Å²) in [6.07, 6.45) is -4.60. The van der Waals surface area contributed by atoms with E-state index < -0.39 is 18.1 Å². The molecule has 1 rings (SSSR count). The molecule has 3 N–H and O–H groups in total.